The number of para-hydroxylation sites is 1. The molecule has 2 aromatic heterocycles. The van der Waals surface area contributed by atoms with Gasteiger partial charge in [0.25, 0.3) is 0 Å². The first-order valence-electron chi connectivity index (χ1n) is 6.07. The molecule has 0 saturated carbocycles. The van der Waals surface area contributed by atoms with Crippen LogP contribution in [0.5, 0.6) is 11.6 Å². The Kier molecular flexibility index (Phi) is 3.64. The lowest BCUT2D eigenvalue weighted by atomic mass is 10.1. The van der Waals surface area contributed by atoms with Gasteiger partial charge in [-0.1, -0.05) is 12.1 Å². The third-order valence-corrected chi connectivity index (χ3v) is 3.53. The van der Waals surface area contributed by atoms with E-state index < -0.39 is 0 Å². The molecule has 6 heteroatoms. The van der Waals surface area contributed by atoms with Crippen molar-refractivity contribution in [2.45, 2.75) is 6.61 Å². The molecule has 0 spiro atoms. The van der Waals surface area contributed by atoms with Crippen molar-refractivity contribution in [1.29, 1.82) is 0 Å². The van der Waals surface area contributed by atoms with E-state index in [0.717, 1.165) is 22.0 Å². The van der Waals surface area contributed by atoms with Gasteiger partial charge < -0.3 is 9.47 Å². The highest BCUT2D eigenvalue weighted by Crippen LogP contribution is 2.29. The standard InChI is InChI=1S/C14H13N3O2S/c1-18-12-5-3-2-4-10(12)11-8-13(17-16-11)19-9-14-15-6-7-20-14/h2-8H,9H2,1H3,(H,16,17). The first-order chi connectivity index (χ1) is 9.86. The Labute approximate surface area is 120 Å². The van der Waals surface area contributed by atoms with Gasteiger partial charge >= 0.3 is 0 Å². The average Bonchev–Trinajstić information content (AvgIpc) is 3.16. The smallest absolute Gasteiger partial charge is 0.233 e. The number of rotatable bonds is 5. The molecule has 5 nitrogen and oxygen atoms in total. The second-order valence-electron chi connectivity index (χ2n) is 4.03. The number of H-pyrrole nitrogens is 1. The van der Waals surface area contributed by atoms with Crippen LogP contribution < -0.4 is 9.47 Å². The van der Waals surface area contributed by atoms with Gasteiger partial charge in [0, 0.05) is 23.2 Å². The van der Waals surface area contributed by atoms with Crippen LogP contribution in [0.1, 0.15) is 5.01 Å². The van der Waals surface area contributed by atoms with E-state index in [2.05, 4.69) is 15.2 Å². The van der Waals surface area contributed by atoms with E-state index in [1.165, 1.54) is 0 Å². The number of aromatic nitrogens is 3. The molecule has 3 rings (SSSR count). The number of hydrogen-bond acceptors (Lipinski definition) is 5. The van der Waals surface area contributed by atoms with E-state index in [4.69, 9.17) is 9.47 Å². The molecule has 0 radical (unpaired) electrons. The Hall–Kier alpha value is -2.34. The molecule has 0 amide bonds. The first-order valence-corrected chi connectivity index (χ1v) is 6.95. The fraction of sp³-hybridized carbons (Fsp3) is 0.143. The highest BCUT2D eigenvalue weighted by molar-refractivity contribution is 7.09. The van der Waals surface area contributed by atoms with Crippen LogP contribution in [0.25, 0.3) is 11.3 Å². The molecule has 0 atom stereocenters. The van der Waals surface area contributed by atoms with Crippen molar-refractivity contribution in [3.8, 4) is 22.9 Å². The molecule has 0 fully saturated rings. The van der Waals surface area contributed by atoms with E-state index in [-0.39, 0.29) is 0 Å². The zero-order valence-corrected chi connectivity index (χ0v) is 11.7. The van der Waals surface area contributed by atoms with E-state index in [9.17, 15) is 0 Å². The van der Waals surface area contributed by atoms with Gasteiger partial charge in [0.1, 0.15) is 17.4 Å². The van der Waals surface area contributed by atoms with Crippen LogP contribution in [0, 0.1) is 0 Å². The van der Waals surface area contributed by atoms with Crippen LogP contribution >= 0.6 is 11.3 Å². The second kappa shape index (κ2) is 5.75. The molecule has 0 bridgehead atoms. The third-order valence-electron chi connectivity index (χ3n) is 2.78. The number of benzene rings is 1. The normalized spacial score (nSPS) is 10.4. The number of nitrogens with zero attached hydrogens (tertiary/aromatic N) is 2. The van der Waals surface area contributed by atoms with E-state index in [0.29, 0.717) is 12.5 Å². The van der Waals surface area contributed by atoms with Crippen molar-refractivity contribution in [1.82, 2.24) is 15.2 Å². The molecule has 0 aliphatic rings. The summed E-state index contributed by atoms with van der Waals surface area (Å²) in [6.07, 6.45) is 1.76. The maximum absolute atomic E-state index is 5.59. The summed E-state index contributed by atoms with van der Waals surface area (Å²) in [6.45, 7) is 0.424. The van der Waals surface area contributed by atoms with Crippen LogP contribution in [-0.4, -0.2) is 22.3 Å². The molecule has 20 heavy (non-hydrogen) atoms. The summed E-state index contributed by atoms with van der Waals surface area (Å²) in [7, 11) is 1.65. The molecule has 1 N–H and O–H groups in total. The molecule has 0 aliphatic carbocycles. The summed E-state index contributed by atoms with van der Waals surface area (Å²) >= 11 is 1.56. The number of hydrogen-bond donors (Lipinski definition) is 1. The van der Waals surface area contributed by atoms with Crippen LogP contribution in [0.4, 0.5) is 0 Å². The molecular weight excluding hydrogens is 274 g/mol. The zero-order valence-electron chi connectivity index (χ0n) is 10.9. The van der Waals surface area contributed by atoms with E-state index in [1.807, 2.05) is 35.7 Å². The molecule has 102 valence electrons. The molecule has 3 aromatic rings. The predicted octanol–water partition coefficient (Wildman–Crippen LogP) is 3.12. The van der Waals surface area contributed by atoms with Gasteiger partial charge in [-0.25, -0.2) is 4.98 Å². The van der Waals surface area contributed by atoms with Gasteiger partial charge in [-0.05, 0) is 12.1 Å². The van der Waals surface area contributed by atoms with Crippen molar-refractivity contribution in [2.24, 2.45) is 0 Å². The fourth-order valence-corrected chi connectivity index (χ4v) is 2.37. The summed E-state index contributed by atoms with van der Waals surface area (Å²) in [5.41, 5.74) is 1.81. The minimum atomic E-state index is 0.424. The van der Waals surface area contributed by atoms with Gasteiger partial charge in [-0.2, -0.15) is 0 Å². The predicted molar refractivity (Wildman–Crippen MR) is 77.0 cm³/mol. The molecule has 0 unspecified atom stereocenters. The monoisotopic (exact) mass is 287 g/mol. The van der Waals surface area contributed by atoms with Crippen molar-refractivity contribution in [3.63, 3.8) is 0 Å². The quantitative estimate of drug-likeness (QED) is 0.783. The second-order valence-corrected chi connectivity index (χ2v) is 5.01. The molecular formula is C14H13N3O2S. The SMILES string of the molecule is COc1ccccc1-c1cc(OCc2nccs2)n[nH]1. The Morgan fingerprint density at radius 1 is 1.30 bits per heavy atom. The van der Waals surface area contributed by atoms with Gasteiger partial charge in [0.05, 0.1) is 12.8 Å². The minimum Gasteiger partial charge on any atom is -0.496 e. The van der Waals surface area contributed by atoms with E-state index >= 15 is 0 Å². The van der Waals surface area contributed by atoms with Gasteiger partial charge in [0.15, 0.2) is 0 Å². The average molecular weight is 287 g/mol. The van der Waals surface area contributed by atoms with Gasteiger partial charge in [-0.3, -0.25) is 5.10 Å². The van der Waals surface area contributed by atoms with Crippen molar-refractivity contribution in [2.75, 3.05) is 7.11 Å². The molecule has 0 aliphatic heterocycles. The minimum absolute atomic E-state index is 0.424. The fourth-order valence-electron chi connectivity index (χ4n) is 1.84. The van der Waals surface area contributed by atoms with E-state index in [1.54, 1.807) is 24.6 Å². The summed E-state index contributed by atoms with van der Waals surface area (Å²) < 4.78 is 10.9. The molecule has 1 aromatic carbocycles. The van der Waals surface area contributed by atoms with Gasteiger partial charge in [0.2, 0.25) is 5.88 Å². The number of aromatic amines is 1. The topological polar surface area (TPSA) is 60.0 Å². The Balaban J connectivity index is 1.76. The maximum atomic E-state index is 5.59. The first kappa shape index (κ1) is 12.7. The maximum Gasteiger partial charge on any atom is 0.233 e. The zero-order chi connectivity index (χ0) is 13.8. The Morgan fingerprint density at radius 2 is 2.20 bits per heavy atom. The van der Waals surface area contributed by atoms with Crippen molar-refractivity contribution in [3.05, 3.63) is 46.9 Å². The third kappa shape index (κ3) is 2.65. The Bertz CT molecular complexity index is 679. The molecule has 0 saturated heterocycles. The summed E-state index contributed by atoms with van der Waals surface area (Å²) in [5, 5.41) is 9.94. The van der Waals surface area contributed by atoms with Crippen LogP contribution in [-0.2, 0) is 6.61 Å². The number of ether oxygens (including phenoxy) is 2. The van der Waals surface area contributed by atoms with Crippen LogP contribution in [0.2, 0.25) is 0 Å². The highest BCUT2D eigenvalue weighted by atomic mass is 32.1. The number of nitrogens with one attached hydrogen (secondary N) is 1. The largest absolute Gasteiger partial charge is 0.496 e. The highest BCUT2D eigenvalue weighted by Gasteiger charge is 2.09. The Morgan fingerprint density at radius 3 is 3.00 bits per heavy atom. The van der Waals surface area contributed by atoms with Crippen LogP contribution in [0.15, 0.2) is 41.9 Å². The molecule has 2 heterocycles. The van der Waals surface area contributed by atoms with Crippen LogP contribution in [0.3, 0.4) is 0 Å². The summed E-state index contributed by atoms with van der Waals surface area (Å²) in [6, 6.07) is 9.61. The lowest BCUT2D eigenvalue weighted by Gasteiger charge is -2.04. The summed E-state index contributed by atoms with van der Waals surface area (Å²) in [5.74, 6) is 1.34. The number of thiazole rings is 1. The summed E-state index contributed by atoms with van der Waals surface area (Å²) in [4.78, 5) is 4.16. The van der Waals surface area contributed by atoms with Crippen molar-refractivity contribution < 1.29 is 9.47 Å². The van der Waals surface area contributed by atoms with Crippen molar-refractivity contribution >= 4 is 11.3 Å². The number of methoxy groups -OCH3 is 1. The lowest BCUT2D eigenvalue weighted by Crippen LogP contribution is -1.94. The lowest BCUT2D eigenvalue weighted by molar-refractivity contribution is 0.293. The van der Waals surface area contributed by atoms with Gasteiger partial charge in [-0.15, -0.1) is 16.4 Å².